The molecular formula is C46H39BCuF10NO2P3-. The molecule has 1 aromatic heterocycles. The van der Waals surface area contributed by atoms with Crippen molar-refractivity contribution in [3.05, 3.63) is 206 Å². The first-order valence-corrected chi connectivity index (χ1v) is 23.7. The SMILES string of the molecule is C#CCCc1ccnc(P(=O)(c2ccccc2)c2ccccc2)c1.FB(F)F.F[P-](F)(F)(F)(F)F.[CH2-]c1ccccc1Oc1ccccc1[PH+](c1ccccc1)c1ccccc1.[Cu+].[F-]. The summed E-state index contributed by atoms with van der Waals surface area (Å²) < 4.78 is 109. The molecule has 0 N–H and O–H groups in total. The summed E-state index contributed by atoms with van der Waals surface area (Å²) in [4.78, 5) is 4.46. The molecule has 0 radical (unpaired) electrons. The molecule has 0 aliphatic heterocycles. The molecule has 340 valence electrons. The summed E-state index contributed by atoms with van der Waals surface area (Å²) in [5.74, 6) is 4.35. The van der Waals surface area contributed by atoms with Crippen molar-refractivity contribution in [2.45, 2.75) is 12.8 Å². The molecule has 0 fully saturated rings. The molecule has 0 saturated heterocycles. The van der Waals surface area contributed by atoms with E-state index < -0.39 is 30.4 Å². The van der Waals surface area contributed by atoms with E-state index in [-0.39, 0.29) is 21.8 Å². The Labute approximate surface area is 378 Å². The van der Waals surface area contributed by atoms with Crippen LogP contribution in [-0.4, -0.2) is 12.5 Å². The Morgan fingerprint density at radius 3 is 1.47 bits per heavy atom. The van der Waals surface area contributed by atoms with Crippen LogP contribution >= 0.6 is 22.9 Å². The quantitative estimate of drug-likeness (QED) is 0.0451. The summed E-state index contributed by atoms with van der Waals surface area (Å²) in [6, 6.07) is 60.7. The van der Waals surface area contributed by atoms with Gasteiger partial charge in [0.1, 0.15) is 29.3 Å². The van der Waals surface area contributed by atoms with Crippen molar-refractivity contribution < 1.29 is 69.2 Å². The molecule has 0 spiro atoms. The van der Waals surface area contributed by atoms with Gasteiger partial charge in [-0.15, -0.1) is 18.4 Å². The number of para-hydroxylation sites is 2. The van der Waals surface area contributed by atoms with Crippen molar-refractivity contribution in [2.75, 3.05) is 0 Å². The molecule has 0 amide bonds. The van der Waals surface area contributed by atoms with E-state index in [1.807, 2.05) is 103 Å². The number of aryl methyl sites for hydroxylation is 1. The maximum atomic E-state index is 14.1. The van der Waals surface area contributed by atoms with Gasteiger partial charge in [-0.1, -0.05) is 121 Å². The number of nitrogens with zero attached hydrogens (tertiary/aromatic N) is 1. The van der Waals surface area contributed by atoms with Crippen molar-refractivity contribution in [1.82, 2.24) is 4.98 Å². The molecule has 64 heavy (non-hydrogen) atoms. The van der Waals surface area contributed by atoms with E-state index in [4.69, 9.17) is 11.2 Å². The monoisotopic (exact) mass is 994 g/mol. The second-order valence-corrected chi connectivity index (χ2v) is 20.1. The van der Waals surface area contributed by atoms with E-state index in [1.165, 1.54) is 15.9 Å². The van der Waals surface area contributed by atoms with Gasteiger partial charge in [0.2, 0.25) is 0 Å². The molecule has 7 rings (SSSR count). The van der Waals surface area contributed by atoms with Crippen LogP contribution in [0.4, 0.5) is 38.1 Å². The van der Waals surface area contributed by atoms with Crippen molar-refractivity contribution in [3.8, 4) is 23.8 Å². The van der Waals surface area contributed by atoms with Crippen LogP contribution in [0.15, 0.2) is 188 Å². The Hall–Kier alpha value is -5.33. The molecule has 0 bridgehead atoms. The molecule has 18 heteroatoms. The molecule has 0 aliphatic carbocycles. The van der Waals surface area contributed by atoms with Crippen LogP contribution in [0.1, 0.15) is 17.5 Å². The first-order valence-electron chi connectivity index (χ1n) is 18.5. The summed E-state index contributed by atoms with van der Waals surface area (Å²) >= 11 is 0. The maximum Gasteiger partial charge on any atom is 1.00 e. The van der Waals surface area contributed by atoms with Gasteiger partial charge in [-0.3, -0.25) is 17.9 Å². The maximum absolute atomic E-state index is 14.1. The van der Waals surface area contributed by atoms with Gasteiger partial charge in [-0.2, -0.15) is 18.6 Å². The molecule has 3 nitrogen and oxygen atoms in total. The van der Waals surface area contributed by atoms with Gasteiger partial charge in [-0.25, -0.2) is 0 Å². The average Bonchev–Trinajstić information content (AvgIpc) is 3.24. The van der Waals surface area contributed by atoms with Gasteiger partial charge in [-0.05, 0) is 60.5 Å². The van der Waals surface area contributed by atoms with Gasteiger partial charge in [0.25, 0.3) is 0 Å². The average molecular weight is 995 g/mol. The van der Waals surface area contributed by atoms with Gasteiger partial charge in [0.05, 0.1) is 0 Å². The molecule has 0 atom stereocenters. The number of rotatable bonds is 10. The fourth-order valence-corrected chi connectivity index (χ4v) is 11.1. The summed E-state index contributed by atoms with van der Waals surface area (Å²) in [7, 11) is -18.5. The van der Waals surface area contributed by atoms with E-state index in [9.17, 15) is 42.7 Å². The molecule has 1 heterocycles. The predicted molar refractivity (Wildman–Crippen MR) is 241 cm³/mol. The second kappa shape index (κ2) is 24.1. The zero-order valence-corrected chi connectivity index (χ0v) is 37.1. The molecule has 6 aromatic carbocycles. The van der Waals surface area contributed by atoms with Gasteiger partial charge >= 0.3 is 57.6 Å². The van der Waals surface area contributed by atoms with Crippen molar-refractivity contribution >= 4 is 62.4 Å². The van der Waals surface area contributed by atoms with Gasteiger partial charge in [0, 0.05) is 29.0 Å². The van der Waals surface area contributed by atoms with Crippen LogP contribution in [0.5, 0.6) is 11.5 Å². The van der Waals surface area contributed by atoms with Crippen molar-refractivity contribution in [2.24, 2.45) is 0 Å². The summed E-state index contributed by atoms with van der Waals surface area (Å²) in [5.41, 5.74) is 2.56. The number of halogens is 10. The molecule has 0 saturated carbocycles. The number of terminal acetylenes is 1. The third-order valence-corrected chi connectivity index (χ3v) is 14.1. The standard InChI is InChI=1S/C25H20OP.C21H18NOP.BF3.Cu.F6P.FH/c1-20-12-8-9-17-23(20)26-24-18-10-11-19-25(24)27(21-13-4-2-5-14-21)22-15-6-3-7-16-22;1-2-3-10-18-15-16-22-21(17-18)24(23,19-11-6-4-7-12-19)20-13-8-5-9-14-20;2-1(3)4;;1-7(2,3,4,5)6;/h2-19H,1H2;1,4-9,11-17H,3,10H2;;;;1H/q-1;;;+1;-1;. The third kappa shape index (κ3) is 18.8. The number of ether oxygens (including phenoxy) is 1. The summed E-state index contributed by atoms with van der Waals surface area (Å²) in [6.45, 7) is 4.09. The van der Waals surface area contributed by atoms with E-state index in [0.717, 1.165) is 39.7 Å². The summed E-state index contributed by atoms with van der Waals surface area (Å²) in [5, 5.41) is 5.50. The zero-order chi connectivity index (χ0) is 45.3. The first-order chi connectivity index (χ1) is 29.3. The van der Waals surface area contributed by atoms with Crippen LogP contribution in [0.25, 0.3) is 0 Å². The minimum atomic E-state index is -10.7. The van der Waals surface area contributed by atoms with Crippen LogP contribution in [-0.2, 0) is 28.1 Å². The predicted octanol–water partition coefficient (Wildman–Crippen LogP) is 9.70. The van der Waals surface area contributed by atoms with E-state index >= 15 is 0 Å². The topological polar surface area (TPSA) is 39.2 Å². The van der Waals surface area contributed by atoms with Crippen molar-refractivity contribution in [1.29, 1.82) is 0 Å². The van der Waals surface area contributed by atoms with Crippen LogP contribution in [0.3, 0.4) is 0 Å². The number of hydrogen-bond donors (Lipinski definition) is 0. The largest absolute Gasteiger partial charge is 1.00 e. The van der Waals surface area contributed by atoms with E-state index in [2.05, 4.69) is 96.7 Å². The molecule has 7 aromatic rings. The number of benzene rings is 6. The Kier molecular flexibility index (Phi) is 20.6. The normalized spacial score (nSPS) is 11.6. The smallest absolute Gasteiger partial charge is 1.00 e. The molecule has 0 unspecified atom stereocenters. The fourth-order valence-electron chi connectivity index (χ4n) is 5.87. The van der Waals surface area contributed by atoms with Crippen LogP contribution < -0.4 is 41.4 Å². The Morgan fingerprint density at radius 2 is 1.03 bits per heavy atom. The number of aromatic nitrogens is 1. The Morgan fingerprint density at radius 1 is 0.641 bits per heavy atom. The summed E-state index contributed by atoms with van der Waals surface area (Å²) in [6.07, 6.45) is 8.50. The second-order valence-electron chi connectivity index (χ2n) is 13.0. The molecular weight excluding hydrogens is 956 g/mol. The van der Waals surface area contributed by atoms with Crippen molar-refractivity contribution in [3.63, 3.8) is 0 Å². The van der Waals surface area contributed by atoms with Gasteiger partial charge in [0.15, 0.2) is 12.9 Å². The van der Waals surface area contributed by atoms with Crippen LogP contribution in [0, 0.1) is 19.3 Å². The first kappa shape index (κ1) is 54.8. The third-order valence-electron chi connectivity index (χ3n) is 8.40. The Balaban J connectivity index is 0.000000350. The zero-order valence-electron chi connectivity index (χ0n) is 33.4. The number of pyridine rings is 1. The van der Waals surface area contributed by atoms with Gasteiger partial charge < -0.3 is 14.0 Å². The van der Waals surface area contributed by atoms with E-state index in [0.29, 0.717) is 11.9 Å². The minimum absolute atomic E-state index is 0. The fraction of sp³-hybridized carbons (Fsp3) is 0.0435. The molecule has 0 aliphatic rings. The Bertz CT molecular complexity index is 2470. The van der Waals surface area contributed by atoms with Crippen LogP contribution in [0.2, 0.25) is 0 Å². The van der Waals surface area contributed by atoms with E-state index in [1.54, 1.807) is 6.20 Å². The minimum Gasteiger partial charge on any atom is -1.00 e. The number of hydrogen-bond acceptors (Lipinski definition) is 3.